The summed E-state index contributed by atoms with van der Waals surface area (Å²) in [7, 11) is 0. The topological polar surface area (TPSA) is 46.4 Å². The predicted octanol–water partition coefficient (Wildman–Crippen LogP) is 6.32. The lowest BCUT2D eigenvalue weighted by atomic mass is 10.1. The monoisotopic (exact) mass is 384 g/mol. The molecule has 0 saturated carbocycles. The second-order valence-corrected chi connectivity index (χ2v) is 6.86. The molecule has 0 atom stereocenters. The molecule has 0 unspecified atom stereocenters. The van der Waals surface area contributed by atoms with Crippen LogP contribution in [-0.4, -0.2) is 18.0 Å². The Bertz CT molecular complexity index is 468. The van der Waals surface area contributed by atoms with Crippen molar-refractivity contribution in [3.63, 3.8) is 0 Å². The van der Waals surface area contributed by atoms with E-state index < -0.39 is 0 Å². The molecule has 0 bridgehead atoms. The van der Waals surface area contributed by atoms with Crippen molar-refractivity contribution in [3.8, 4) is 0 Å². The SMILES string of the molecule is CCCCCCN(CCCCCC)c1ccc([N+](=O)[O-])cc1Br. The molecule has 1 aromatic carbocycles. The van der Waals surface area contributed by atoms with E-state index in [1.54, 1.807) is 12.1 Å². The van der Waals surface area contributed by atoms with Gasteiger partial charge in [0.1, 0.15) is 0 Å². The number of nitrogens with zero attached hydrogens (tertiary/aromatic N) is 2. The van der Waals surface area contributed by atoms with Crippen molar-refractivity contribution >= 4 is 27.3 Å². The Hall–Kier alpha value is -1.10. The normalized spacial score (nSPS) is 10.7. The van der Waals surface area contributed by atoms with Gasteiger partial charge in [-0.2, -0.15) is 0 Å². The third-order valence-electron chi connectivity index (χ3n) is 4.05. The van der Waals surface area contributed by atoms with E-state index in [2.05, 4.69) is 34.7 Å². The van der Waals surface area contributed by atoms with Crippen molar-refractivity contribution in [2.75, 3.05) is 18.0 Å². The molecule has 0 aliphatic carbocycles. The molecule has 0 aliphatic heterocycles. The number of hydrogen-bond acceptors (Lipinski definition) is 3. The molecule has 0 spiro atoms. The average molecular weight is 385 g/mol. The van der Waals surface area contributed by atoms with Gasteiger partial charge in [0.15, 0.2) is 0 Å². The highest BCUT2D eigenvalue weighted by molar-refractivity contribution is 9.10. The predicted molar refractivity (Wildman–Crippen MR) is 101 cm³/mol. The lowest BCUT2D eigenvalue weighted by molar-refractivity contribution is -0.384. The highest BCUT2D eigenvalue weighted by Crippen LogP contribution is 2.30. The van der Waals surface area contributed by atoms with Crippen molar-refractivity contribution in [1.29, 1.82) is 0 Å². The zero-order valence-corrected chi connectivity index (χ0v) is 16.0. The lowest BCUT2D eigenvalue weighted by Gasteiger charge is -2.26. The third kappa shape index (κ3) is 7.34. The number of halogens is 1. The molecule has 0 saturated heterocycles. The first-order valence-electron chi connectivity index (χ1n) is 8.79. The van der Waals surface area contributed by atoms with Gasteiger partial charge in [-0.25, -0.2) is 0 Å². The molecule has 0 aromatic heterocycles. The number of rotatable bonds is 12. The van der Waals surface area contributed by atoms with Crippen molar-refractivity contribution < 1.29 is 4.92 Å². The Kier molecular flexibility index (Phi) is 9.92. The Morgan fingerprint density at radius 2 is 1.57 bits per heavy atom. The number of unbranched alkanes of at least 4 members (excludes halogenated alkanes) is 6. The molecule has 0 amide bonds. The number of nitro benzene ring substituents is 1. The Balaban J connectivity index is 2.74. The molecule has 4 nitrogen and oxygen atoms in total. The number of hydrogen-bond donors (Lipinski definition) is 0. The minimum Gasteiger partial charge on any atom is -0.371 e. The highest BCUT2D eigenvalue weighted by Gasteiger charge is 2.14. The first-order valence-corrected chi connectivity index (χ1v) is 9.58. The van der Waals surface area contributed by atoms with Crippen LogP contribution < -0.4 is 4.90 Å². The number of non-ortho nitro benzene ring substituents is 1. The van der Waals surface area contributed by atoms with Crippen molar-refractivity contribution in [2.24, 2.45) is 0 Å². The highest BCUT2D eigenvalue weighted by atomic mass is 79.9. The zero-order chi connectivity index (χ0) is 17.1. The molecule has 130 valence electrons. The molecule has 0 heterocycles. The maximum atomic E-state index is 10.9. The van der Waals surface area contributed by atoms with Gasteiger partial charge in [0, 0.05) is 29.7 Å². The molecule has 0 aliphatic rings. The van der Waals surface area contributed by atoms with E-state index in [1.165, 1.54) is 51.4 Å². The van der Waals surface area contributed by atoms with Crippen LogP contribution in [0, 0.1) is 10.1 Å². The summed E-state index contributed by atoms with van der Waals surface area (Å²) in [6.45, 7) is 6.47. The van der Waals surface area contributed by atoms with E-state index in [0.29, 0.717) is 0 Å². The molecule has 1 rings (SSSR count). The van der Waals surface area contributed by atoms with Gasteiger partial charge in [0.25, 0.3) is 5.69 Å². The van der Waals surface area contributed by atoms with E-state index >= 15 is 0 Å². The van der Waals surface area contributed by atoms with Crippen molar-refractivity contribution in [2.45, 2.75) is 65.2 Å². The summed E-state index contributed by atoms with van der Waals surface area (Å²) < 4.78 is 0.817. The summed E-state index contributed by atoms with van der Waals surface area (Å²) in [5.41, 5.74) is 1.21. The largest absolute Gasteiger partial charge is 0.371 e. The molecule has 23 heavy (non-hydrogen) atoms. The number of benzene rings is 1. The third-order valence-corrected chi connectivity index (χ3v) is 4.68. The summed E-state index contributed by atoms with van der Waals surface area (Å²) in [6.07, 6.45) is 9.83. The molecular weight excluding hydrogens is 356 g/mol. The van der Waals surface area contributed by atoms with Crippen LogP contribution in [-0.2, 0) is 0 Å². The van der Waals surface area contributed by atoms with Gasteiger partial charge >= 0.3 is 0 Å². The summed E-state index contributed by atoms with van der Waals surface area (Å²) >= 11 is 3.52. The van der Waals surface area contributed by atoms with E-state index in [9.17, 15) is 10.1 Å². The van der Waals surface area contributed by atoms with Crippen LogP contribution in [0.1, 0.15) is 65.2 Å². The minimum absolute atomic E-state index is 0.137. The fraction of sp³-hybridized carbons (Fsp3) is 0.667. The van der Waals surface area contributed by atoms with E-state index in [4.69, 9.17) is 0 Å². The zero-order valence-electron chi connectivity index (χ0n) is 14.4. The summed E-state index contributed by atoms with van der Waals surface area (Å²) in [4.78, 5) is 12.9. The van der Waals surface area contributed by atoms with Gasteiger partial charge in [-0.05, 0) is 34.8 Å². The van der Waals surface area contributed by atoms with Crippen LogP contribution in [0.25, 0.3) is 0 Å². The van der Waals surface area contributed by atoms with Gasteiger partial charge in [0.05, 0.1) is 10.6 Å². The van der Waals surface area contributed by atoms with Crippen LogP contribution in [0.3, 0.4) is 0 Å². The summed E-state index contributed by atoms with van der Waals surface area (Å²) in [6, 6.07) is 5.09. The summed E-state index contributed by atoms with van der Waals surface area (Å²) in [5, 5.41) is 10.9. The first-order chi connectivity index (χ1) is 11.1. The maximum Gasteiger partial charge on any atom is 0.270 e. The standard InChI is InChI=1S/C18H29BrN2O2/c1-3-5-7-9-13-20(14-10-8-6-4-2)18-12-11-16(21(22)23)15-17(18)19/h11-12,15H,3-10,13-14H2,1-2H3. The Morgan fingerprint density at radius 1 is 1.00 bits per heavy atom. The van der Waals surface area contributed by atoms with Crippen LogP contribution in [0.2, 0.25) is 0 Å². The van der Waals surface area contributed by atoms with Crippen LogP contribution in [0.15, 0.2) is 22.7 Å². The molecule has 1 aromatic rings. The molecule has 0 fully saturated rings. The molecule has 0 N–H and O–H groups in total. The lowest BCUT2D eigenvalue weighted by Crippen LogP contribution is -2.26. The van der Waals surface area contributed by atoms with Gasteiger partial charge in [-0.1, -0.05) is 52.4 Å². The quantitative estimate of drug-likeness (QED) is 0.240. The van der Waals surface area contributed by atoms with Gasteiger partial charge < -0.3 is 4.90 Å². The maximum absolute atomic E-state index is 10.9. The van der Waals surface area contributed by atoms with Crippen molar-refractivity contribution in [1.82, 2.24) is 0 Å². The van der Waals surface area contributed by atoms with E-state index in [0.717, 1.165) is 23.2 Å². The van der Waals surface area contributed by atoms with E-state index in [-0.39, 0.29) is 10.6 Å². The number of anilines is 1. The second-order valence-electron chi connectivity index (χ2n) is 6.00. The smallest absolute Gasteiger partial charge is 0.270 e. The average Bonchev–Trinajstić information content (AvgIpc) is 2.53. The van der Waals surface area contributed by atoms with Gasteiger partial charge in [-0.15, -0.1) is 0 Å². The Labute approximate surface area is 148 Å². The van der Waals surface area contributed by atoms with Crippen LogP contribution in [0.4, 0.5) is 11.4 Å². The van der Waals surface area contributed by atoms with Crippen LogP contribution >= 0.6 is 15.9 Å². The fourth-order valence-corrected chi connectivity index (χ4v) is 3.29. The van der Waals surface area contributed by atoms with Crippen molar-refractivity contribution in [3.05, 3.63) is 32.8 Å². The first kappa shape index (κ1) is 19.9. The summed E-state index contributed by atoms with van der Waals surface area (Å²) in [5.74, 6) is 0. The minimum atomic E-state index is -0.346. The number of nitro groups is 1. The fourth-order valence-electron chi connectivity index (χ4n) is 2.68. The molecule has 0 radical (unpaired) electrons. The molecular formula is C18H29BrN2O2. The second kappa shape index (κ2) is 11.4. The van der Waals surface area contributed by atoms with Gasteiger partial charge in [-0.3, -0.25) is 10.1 Å². The Morgan fingerprint density at radius 3 is 2.00 bits per heavy atom. The van der Waals surface area contributed by atoms with Gasteiger partial charge in [0.2, 0.25) is 0 Å². The van der Waals surface area contributed by atoms with Crippen LogP contribution in [0.5, 0.6) is 0 Å². The molecule has 5 heteroatoms. The van der Waals surface area contributed by atoms with E-state index in [1.807, 2.05) is 6.07 Å².